The third kappa shape index (κ3) is 4.93. The molecule has 0 aliphatic heterocycles. The topological polar surface area (TPSA) is 77.7 Å². The number of imidazole rings is 1. The number of sulfone groups is 1. The van der Waals surface area contributed by atoms with Crippen LogP contribution in [0.4, 0.5) is 13.2 Å². The highest BCUT2D eigenvalue weighted by atomic mass is 32.2. The van der Waals surface area contributed by atoms with E-state index in [-0.39, 0.29) is 27.7 Å². The van der Waals surface area contributed by atoms with Crippen molar-refractivity contribution in [2.75, 3.05) is 5.75 Å². The van der Waals surface area contributed by atoms with Gasteiger partial charge in [0.25, 0.3) is 0 Å². The van der Waals surface area contributed by atoms with E-state index in [0.717, 1.165) is 24.2 Å². The van der Waals surface area contributed by atoms with Gasteiger partial charge in [0.05, 0.1) is 27.9 Å². The molecular formula is C25H25F3N4O2S. The molecule has 184 valence electrons. The summed E-state index contributed by atoms with van der Waals surface area (Å²) in [7, 11) is -2.14. The number of alkyl halides is 3. The normalized spacial score (nSPS) is 12.6. The second-order valence-electron chi connectivity index (χ2n) is 8.82. The molecule has 6 nitrogen and oxygen atoms in total. The lowest BCUT2D eigenvalue weighted by Crippen LogP contribution is -2.09. The van der Waals surface area contributed by atoms with E-state index in [2.05, 4.69) is 28.8 Å². The van der Waals surface area contributed by atoms with Crippen molar-refractivity contribution >= 4 is 20.9 Å². The van der Waals surface area contributed by atoms with E-state index in [1.807, 2.05) is 24.3 Å². The molecule has 4 rings (SSSR count). The highest BCUT2D eigenvalue weighted by Gasteiger charge is 2.33. The van der Waals surface area contributed by atoms with Gasteiger partial charge in [-0.2, -0.15) is 13.2 Å². The SMILES string of the molecule is CCS(=O)(=O)c1cc(-c2ccc(CC(C)C)cc2)cnc1-c1nc2cc(C(F)(F)F)ncc2n1C. The standard InChI is InChI=1S/C25H25F3N4O2S/c1-5-35(33,34)21-11-18(17-8-6-16(7-9-17)10-15(2)3)13-30-23(21)24-31-19-12-22(25(26,27)28)29-14-20(19)32(24)4/h6-9,11-15H,5,10H2,1-4H3. The summed E-state index contributed by atoms with van der Waals surface area (Å²) in [5.41, 5.74) is 2.02. The van der Waals surface area contributed by atoms with Crippen LogP contribution in [0.5, 0.6) is 0 Å². The zero-order valence-electron chi connectivity index (χ0n) is 19.8. The van der Waals surface area contributed by atoms with Crippen LogP contribution in [0.15, 0.2) is 53.7 Å². The summed E-state index contributed by atoms with van der Waals surface area (Å²) in [5.74, 6) is 0.494. The highest BCUT2D eigenvalue weighted by Crippen LogP contribution is 2.34. The van der Waals surface area contributed by atoms with Gasteiger partial charge in [-0.05, 0) is 35.6 Å². The minimum Gasteiger partial charge on any atom is -0.324 e. The van der Waals surface area contributed by atoms with Gasteiger partial charge >= 0.3 is 6.18 Å². The van der Waals surface area contributed by atoms with Crippen LogP contribution in [-0.2, 0) is 29.5 Å². The van der Waals surface area contributed by atoms with Gasteiger partial charge in [-0.25, -0.2) is 18.4 Å². The monoisotopic (exact) mass is 502 g/mol. The number of hydrogen-bond acceptors (Lipinski definition) is 5. The van der Waals surface area contributed by atoms with E-state index in [9.17, 15) is 21.6 Å². The molecule has 0 aliphatic carbocycles. The molecule has 35 heavy (non-hydrogen) atoms. The van der Waals surface area contributed by atoms with Gasteiger partial charge in [0, 0.05) is 18.8 Å². The van der Waals surface area contributed by atoms with Crippen molar-refractivity contribution < 1.29 is 21.6 Å². The molecule has 0 atom stereocenters. The maximum atomic E-state index is 13.1. The molecule has 10 heteroatoms. The first-order chi connectivity index (χ1) is 16.4. The Morgan fingerprint density at radius 1 is 1.00 bits per heavy atom. The predicted molar refractivity (Wildman–Crippen MR) is 128 cm³/mol. The minimum absolute atomic E-state index is 0.0221. The van der Waals surface area contributed by atoms with Gasteiger partial charge in [-0.1, -0.05) is 45.0 Å². The molecule has 0 amide bonds. The van der Waals surface area contributed by atoms with Crippen molar-refractivity contribution in [3.05, 3.63) is 60.0 Å². The summed E-state index contributed by atoms with van der Waals surface area (Å²) in [5, 5.41) is 0. The number of rotatable bonds is 6. The second kappa shape index (κ2) is 9.07. The molecule has 0 saturated carbocycles. The summed E-state index contributed by atoms with van der Waals surface area (Å²) in [6.45, 7) is 5.81. The summed E-state index contributed by atoms with van der Waals surface area (Å²) in [6.07, 6.45) is -1.05. The van der Waals surface area contributed by atoms with Crippen LogP contribution in [-0.4, -0.2) is 33.7 Å². The van der Waals surface area contributed by atoms with Crippen LogP contribution in [0.3, 0.4) is 0 Å². The number of pyridine rings is 2. The molecule has 1 aromatic carbocycles. The molecular weight excluding hydrogens is 477 g/mol. The number of hydrogen-bond donors (Lipinski definition) is 0. The van der Waals surface area contributed by atoms with Crippen LogP contribution >= 0.6 is 0 Å². The summed E-state index contributed by atoms with van der Waals surface area (Å²) in [4.78, 5) is 12.2. The molecule has 0 saturated heterocycles. The molecule has 3 heterocycles. The molecule has 0 aliphatic rings. The van der Waals surface area contributed by atoms with Crippen molar-refractivity contribution in [3.8, 4) is 22.6 Å². The van der Waals surface area contributed by atoms with Gasteiger partial charge < -0.3 is 4.57 Å². The first-order valence-corrected chi connectivity index (χ1v) is 12.8. The maximum absolute atomic E-state index is 13.1. The Morgan fingerprint density at radius 3 is 2.29 bits per heavy atom. The molecule has 0 N–H and O–H groups in total. The number of halogens is 3. The third-order valence-corrected chi connectivity index (χ3v) is 7.51. The molecule has 0 bridgehead atoms. The second-order valence-corrected chi connectivity index (χ2v) is 11.1. The fourth-order valence-electron chi connectivity index (χ4n) is 3.92. The molecule has 0 fully saturated rings. The fourth-order valence-corrected chi connectivity index (χ4v) is 4.98. The average Bonchev–Trinajstić information content (AvgIpc) is 3.14. The lowest BCUT2D eigenvalue weighted by molar-refractivity contribution is -0.141. The van der Waals surface area contributed by atoms with Crippen molar-refractivity contribution in [2.45, 2.75) is 38.3 Å². The number of aryl methyl sites for hydroxylation is 1. The van der Waals surface area contributed by atoms with Crippen molar-refractivity contribution in [1.29, 1.82) is 0 Å². The van der Waals surface area contributed by atoms with Gasteiger partial charge in [-0.3, -0.25) is 4.98 Å². The highest BCUT2D eigenvalue weighted by molar-refractivity contribution is 7.91. The Labute approximate surface area is 201 Å². The van der Waals surface area contributed by atoms with E-state index in [0.29, 0.717) is 17.0 Å². The molecule has 4 aromatic rings. The number of nitrogens with zero attached hydrogens (tertiary/aromatic N) is 4. The van der Waals surface area contributed by atoms with Crippen molar-refractivity contribution in [2.24, 2.45) is 13.0 Å². The number of aromatic nitrogens is 4. The molecule has 0 unspecified atom stereocenters. The summed E-state index contributed by atoms with van der Waals surface area (Å²) in [6, 6.07) is 10.3. The van der Waals surface area contributed by atoms with Crippen molar-refractivity contribution in [1.82, 2.24) is 19.5 Å². The largest absolute Gasteiger partial charge is 0.433 e. The Balaban J connectivity index is 1.85. The van der Waals surface area contributed by atoms with E-state index in [1.54, 1.807) is 19.3 Å². The third-order valence-electron chi connectivity index (χ3n) is 5.77. The van der Waals surface area contributed by atoms with Crippen LogP contribution in [0.25, 0.3) is 33.7 Å². The number of benzene rings is 1. The first kappa shape index (κ1) is 24.8. The maximum Gasteiger partial charge on any atom is 0.433 e. The zero-order chi connectivity index (χ0) is 25.5. The lowest BCUT2D eigenvalue weighted by Gasteiger charge is -2.12. The Hall–Kier alpha value is -3.27. The van der Waals surface area contributed by atoms with Crippen LogP contribution in [0.2, 0.25) is 0 Å². The zero-order valence-corrected chi connectivity index (χ0v) is 20.6. The Morgan fingerprint density at radius 2 is 1.69 bits per heavy atom. The molecule has 3 aromatic heterocycles. The van der Waals surface area contributed by atoms with Crippen LogP contribution in [0.1, 0.15) is 32.0 Å². The number of fused-ring (bicyclic) bond motifs is 1. The van der Waals surface area contributed by atoms with E-state index >= 15 is 0 Å². The minimum atomic E-state index is -4.62. The van der Waals surface area contributed by atoms with Crippen LogP contribution < -0.4 is 0 Å². The van der Waals surface area contributed by atoms with Crippen molar-refractivity contribution in [3.63, 3.8) is 0 Å². The van der Waals surface area contributed by atoms with E-state index in [1.165, 1.54) is 17.1 Å². The first-order valence-electron chi connectivity index (χ1n) is 11.1. The van der Waals surface area contributed by atoms with Gasteiger partial charge in [0.1, 0.15) is 11.4 Å². The van der Waals surface area contributed by atoms with Gasteiger partial charge in [0.2, 0.25) is 0 Å². The Kier molecular flexibility index (Phi) is 6.44. The van der Waals surface area contributed by atoms with E-state index < -0.39 is 21.7 Å². The quantitative estimate of drug-likeness (QED) is 0.338. The smallest absolute Gasteiger partial charge is 0.324 e. The van der Waals surface area contributed by atoms with Gasteiger partial charge in [-0.15, -0.1) is 0 Å². The molecule has 0 radical (unpaired) electrons. The summed E-state index contributed by atoms with van der Waals surface area (Å²) < 4.78 is 66.9. The fraction of sp³-hybridized carbons (Fsp3) is 0.320. The van der Waals surface area contributed by atoms with E-state index in [4.69, 9.17) is 0 Å². The average molecular weight is 503 g/mol. The summed E-state index contributed by atoms with van der Waals surface area (Å²) >= 11 is 0. The Bertz CT molecular complexity index is 1490. The molecule has 0 spiro atoms. The lowest BCUT2D eigenvalue weighted by atomic mass is 10.00. The van der Waals surface area contributed by atoms with Gasteiger partial charge in [0.15, 0.2) is 15.7 Å². The van der Waals surface area contributed by atoms with Crippen LogP contribution in [0, 0.1) is 5.92 Å². The predicted octanol–water partition coefficient (Wildman–Crippen LogP) is 5.71.